The van der Waals surface area contributed by atoms with E-state index in [1.165, 1.54) is 19.4 Å². The van der Waals surface area contributed by atoms with Crippen LogP contribution in [-0.2, 0) is 16.0 Å². The third-order valence-corrected chi connectivity index (χ3v) is 5.09. The molecule has 1 saturated heterocycles. The average molecular weight is 393 g/mol. The Bertz CT molecular complexity index is 853. The lowest BCUT2D eigenvalue weighted by atomic mass is 9.90. The lowest BCUT2D eigenvalue weighted by molar-refractivity contribution is -0.115. The van der Waals surface area contributed by atoms with E-state index in [9.17, 15) is 14.4 Å². The van der Waals surface area contributed by atoms with Crippen molar-refractivity contribution < 1.29 is 14.4 Å². The number of piperidine rings is 1. The fraction of sp³-hybridized carbons (Fsp3) is 0.348. The van der Waals surface area contributed by atoms with E-state index >= 15 is 0 Å². The Hall–Kier alpha value is -3.15. The molecule has 3 rings (SSSR count). The van der Waals surface area contributed by atoms with Gasteiger partial charge in [0.25, 0.3) is 5.91 Å². The lowest BCUT2D eigenvalue weighted by Gasteiger charge is -2.32. The van der Waals surface area contributed by atoms with Crippen LogP contribution in [0, 0.1) is 5.92 Å². The summed E-state index contributed by atoms with van der Waals surface area (Å²) in [6.45, 7) is 4.22. The minimum Gasteiger partial charge on any atom is -0.339 e. The van der Waals surface area contributed by atoms with E-state index in [4.69, 9.17) is 0 Å². The molecule has 29 heavy (non-hydrogen) atoms. The first-order valence-corrected chi connectivity index (χ1v) is 9.94. The van der Waals surface area contributed by atoms with Gasteiger partial charge in [-0.1, -0.05) is 30.3 Å². The molecule has 0 spiro atoms. The molecule has 0 unspecified atom stereocenters. The molecule has 2 N–H and O–H groups in total. The number of hydrogen-bond donors (Lipinski definition) is 2. The Labute approximate surface area is 171 Å². The number of nitrogens with zero attached hydrogens (tertiary/aromatic N) is 1. The van der Waals surface area contributed by atoms with Gasteiger partial charge in [-0.15, -0.1) is 0 Å². The van der Waals surface area contributed by atoms with Crippen LogP contribution in [0.1, 0.15) is 42.6 Å². The van der Waals surface area contributed by atoms with E-state index in [0.29, 0.717) is 35.9 Å². The van der Waals surface area contributed by atoms with Crippen molar-refractivity contribution in [2.45, 2.75) is 33.1 Å². The number of benzene rings is 2. The molecule has 0 aromatic heterocycles. The zero-order valence-electron chi connectivity index (χ0n) is 16.9. The first-order chi connectivity index (χ1) is 13.9. The number of carbonyl (C=O) groups excluding carboxylic acids is 3. The third kappa shape index (κ3) is 5.91. The molecule has 1 aliphatic rings. The van der Waals surface area contributed by atoms with Gasteiger partial charge in [-0.05, 0) is 48.9 Å². The van der Waals surface area contributed by atoms with Gasteiger partial charge >= 0.3 is 0 Å². The maximum atomic E-state index is 13.0. The second-order valence-electron chi connectivity index (χ2n) is 7.59. The summed E-state index contributed by atoms with van der Waals surface area (Å²) in [5.74, 6) is 0.0271. The summed E-state index contributed by atoms with van der Waals surface area (Å²) >= 11 is 0. The molecule has 3 amide bonds. The number of rotatable bonds is 5. The topological polar surface area (TPSA) is 78.5 Å². The van der Waals surface area contributed by atoms with Crippen molar-refractivity contribution in [3.63, 3.8) is 0 Å². The van der Waals surface area contributed by atoms with Gasteiger partial charge in [0.05, 0.1) is 0 Å². The molecular weight excluding hydrogens is 366 g/mol. The average Bonchev–Trinajstić information content (AvgIpc) is 2.67. The number of nitrogens with one attached hydrogen (secondary N) is 2. The van der Waals surface area contributed by atoms with Gasteiger partial charge in [0.15, 0.2) is 0 Å². The summed E-state index contributed by atoms with van der Waals surface area (Å²) in [5, 5.41) is 5.38. The molecule has 0 aliphatic carbocycles. The van der Waals surface area contributed by atoms with Crippen LogP contribution in [0.4, 0.5) is 11.4 Å². The predicted molar refractivity (Wildman–Crippen MR) is 114 cm³/mol. The van der Waals surface area contributed by atoms with Gasteiger partial charge < -0.3 is 15.5 Å². The van der Waals surface area contributed by atoms with Crippen LogP contribution in [0.15, 0.2) is 48.5 Å². The molecule has 0 saturated carbocycles. The largest absolute Gasteiger partial charge is 0.339 e. The SMILES string of the molecule is CC(=O)Nc1cc(NC(C)=O)cc(C(=O)N2CCC(Cc3ccccc3)CC2)c1. The van der Waals surface area contributed by atoms with Crippen LogP contribution in [0.25, 0.3) is 0 Å². The van der Waals surface area contributed by atoms with E-state index in [0.717, 1.165) is 19.3 Å². The van der Waals surface area contributed by atoms with Gasteiger partial charge in [0, 0.05) is 43.9 Å². The Balaban J connectivity index is 1.68. The first kappa shape index (κ1) is 20.6. The van der Waals surface area contributed by atoms with Crippen LogP contribution in [0.5, 0.6) is 0 Å². The number of hydrogen-bond acceptors (Lipinski definition) is 3. The van der Waals surface area contributed by atoms with E-state index in [1.807, 2.05) is 11.0 Å². The van der Waals surface area contributed by atoms with Crippen LogP contribution >= 0.6 is 0 Å². The van der Waals surface area contributed by atoms with Crippen LogP contribution < -0.4 is 10.6 Å². The maximum absolute atomic E-state index is 13.0. The number of anilines is 2. The summed E-state index contributed by atoms with van der Waals surface area (Å²) in [6, 6.07) is 15.4. The van der Waals surface area contributed by atoms with Crippen molar-refractivity contribution >= 4 is 29.1 Å². The predicted octanol–water partition coefficient (Wildman–Crippen LogP) is 3.70. The number of carbonyl (C=O) groups is 3. The van der Waals surface area contributed by atoms with Gasteiger partial charge in [0.2, 0.25) is 11.8 Å². The molecule has 0 bridgehead atoms. The lowest BCUT2D eigenvalue weighted by Crippen LogP contribution is -2.39. The highest BCUT2D eigenvalue weighted by Gasteiger charge is 2.24. The van der Waals surface area contributed by atoms with Crippen LogP contribution in [-0.4, -0.2) is 35.7 Å². The van der Waals surface area contributed by atoms with Crippen molar-refractivity contribution in [2.24, 2.45) is 5.92 Å². The molecule has 1 fully saturated rings. The smallest absolute Gasteiger partial charge is 0.254 e. The Morgan fingerprint density at radius 1 is 0.897 bits per heavy atom. The standard InChI is InChI=1S/C23H27N3O3/c1-16(27)24-21-13-20(14-22(15-21)25-17(2)28)23(29)26-10-8-19(9-11-26)12-18-6-4-3-5-7-18/h3-7,13-15,19H,8-12H2,1-2H3,(H,24,27)(H,25,28). The van der Waals surface area contributed by atoms with Gasteiger partial charge in [-0.2, -0.15) is 0 Å². The van der Waals surface area contributed by atoms with Crippen molar-refractivity contribution in [2.75, 3.05) is 23.7 Å². The zero-order valence-corrected chi connectivity index (χ0v) is 16.9. The normalized spacial score (nSPS) is 14.3. The van der Waals surface area contributed by atoms with Gasteiger partial charge in [-0.3, -0.25) is 14.4 Å². The molecule has 0 atom stereocenters. The van der Waals surface area contributed by atoms with Crippen molar-refractivity contribution in [3.8, 4) is 0 Å². The molecule has 152 valence electrons. The highest BCUT2D eigenvalue weighted by Crippen LogP contribution is 2.25. The minimum atomic E-state index is -0.231. The highest BCUT2D eigenvalue weighted by atomic mass is 16.2. The quantitative estimate of drug-likeness (QED) is 0.813. The van der Waals surface area contributed by atoms with Crippen molar-refractivity contribution in [1.82, 2.24) is 4.90 Å². The summed E-state index contributed by atoms with van der Waals surface area (Å²) in [6.07, 6.45) is 2.96. The van der Waals surface area contributed by atoms with E-state index in [1.54, 1.807) is 18.2 Å². The molecule has 0 radical (unpaired) electrons. The van der Waals surface area contributed by atoms with Crippen LogP contribution in [0.2, 0.25) is 0 Å². The van der Waals surface area contributed by atoms with Gasteiger partial charge in [0.1, 0.15) is 0 Å². The Morgan fingerprint density at radius 2 is 1.45 bits per heavy atom. The summed E-state index contributed by atoms with van der Waals surface area (Å²) in [5.41, 5.74) is 2.78. The molecule has 6 nitrogen and oxygen atoms in total. The highest BCUT2D eigenvalue weighted by molar-refractivity contribution is 6.00. The molecular formula is C23H27N3O3. The Kier molecular flexibility index (Phi) is 6.65. The molecule has 6 heteroatoms. The fourth-order valence-electron chi connectivity index (χ4n) is 3.77. The molecule has 2 aromatic carbocycles. The van der Waals surface area contributed by atoms with Crippen molar-refractivity contribution in [1.29, 1.82) is 0 Å². The van der Waals surface area contributed by atoms with E-state index in [-0.39, 0.29) is 17.7 Å². The minimum absolute atomic E-state index is 0.0815. The Morgan fingerprint density at radius 3 is 1.97 bits per heavy atom. The third-order valence-electron chi connectivity index (χ3n) is 5.09. The summed E-state index contributed by atoms with van der Waals surface area (Å²) in [4.78, 5) is 37.7. The number of likely N-dealkylation sites (tertiary alicyclic amines) is 1. The van der Waals surface area contributed by atoms with E-state index in [2.05, 4.69) is 34.9 Å². The molecule has 2 aromatic rings. The van der Waals surface area contributed by atoms with Crippen molar-refractivity contribution in [3.05, 3.63) is 59.7 Å². The second kappa shape index (κ2) is 9.37. The molecule has 1 heterocycles. The fourth-order valence-corrected chi connectivity index (χ4v) is 3.77. The van der Waals surface area contributed by atoms with Crippen LogP contribution in [0.3, 0.4) is 0 Å². The summed E-state index contributed by atoms with van der Waals surface area (Å²) in [7, 11) is 0. The zero-order chi connectivity index (χ0) is 20.8. The monoisotopic (exact) mass is 393 g/mol. The first-order valence-electron chi connectivity index (χ1n) is 9.94. The maximum Gasteiger partial charge on any atom is 0.254 e. The molecule has 1 aliphatic heterocycles. The number of amides is 3. The van der Waals surface area contributed by atoms with Gasteiger partial charge in [-0.25, -0.2) is 0 Å². The second-order valence-corrected chi connectivity index (χ2v) is 7.59. The summed E-state index contributed by atoms with van der Waals surface area (Å²) < 4.78 is 0. The van der Waals surface area contributed by atoms with E-state index < -0.39 is 0 Å².